The number of esters is 1. The first-order valence-corrected chi connectivity index (χ1v) is 8.95. The van der Waals surface area contributed by atoms with Gasteiger partial charge in [-0.05, 0) is 24.1 Å². The van der Waals surface area contributed by atoms with Gasteiger partial charge in [0.05, 0.1) is 20.1 Å². The summed E-state index contributed by atoms with van der Waals surface area (Å²) < 4.78 is 10.1. The predicted octanol–water partition coefficient (Wildman–Crippen LogP) is 2.10. The average molecular weight is 384 g/mol. The number of benzene rings is 2. The number of carbonyl (C=O) groups is 3. The van der Waals surface area contributed by atoms with Crippen molar-refractivity contribution in [2.75, 3.05) is 25.6 Å². The Morgan fingerprint density at radius 2 is 1.61 bits per heavy atom. The van der Waals surface area contributed by atoms with Gasteiger partial charge < -0.3 is 20.1 Å². The summed E-state index contributed by atoms with van der Waals surface area (Å²) in [5.74, 6) is -0.879. The van der Waals surface area contributed by atoms with Gasteiger partial charge in [-0.15, -0.1) is 0 Å². The molecular formula is C21H24N2O5. The molecule has 2 aromatic rings. The van der Waals surface area contributed by atoms with E-state index in [1.807, 2.05) is 25.1 Å². The van der Waals surface area contributed by atoms with Crippen LogP contribution in [0.5, 0.6) is 5.75 Å². The van der Waals surface area contributed by atoms with Crippen LogP contribution in [0.2, 0.25) is 0 Å². The van der Waals surface area contributed by atoms with Crippen LogP contribution in [-0.2, 0) is 32.0 Å². The van der Waals surface area contributed by atoms with Crippen molar-refractivity contribution in [2.24, 2.45) is 0 Å². The summed E-state index contributed by atoms with van der Waals surface area (Å²) >= 11 is 0. The van der Waals surface area contributed by atoms with E-state index in [4.69, 9.17) is 9.47 Å². The molecule has 2 N–H and O–H groups in total. The van der Waals surface area contributed by atoms with Gasteiger partial charge in [0.15, 0.2) is 6.61 Å². The molecule has 0 atom stereocenters. The average Bonchev–Trinajstić information content (AvgIpc) is 2.71. The van der Waals surface area contributed by atoms with Crippen LogP contribution in [0.3, 0.4) is 0 Å². The second kappa shape index (κ2) is 10.7. The Labute approximate surface area is 164 Å². The Balaban J connectivity index is 1.73. The van der Waals surface area contributed by atoms with E-state index >= 15 is 0 Å². The molecule has 0 saturated heterocycles. The Kier molecular flexibility index (Phi) is 8.02. The summed E-state index contributed by atoms with van der Waals surface area (Å²) in [5.41, 5.74) is 2.39. The molecule has 0 aromatic heterocycles. The number of amides is 2. The van der Waals surface area contributed by atoms with Crippen LogP contribution in [0.4, 0.5) is 5.69 Å². The number of ether oxygens (including phenoxy) is 2. The third-order valence-electron chi connectivity index (χ3n) is 4.01. The van der Waals surface area contributed by atoms with Gasteiger partial charge in [0.2, 0.25) is 5.91 Å². The van der Waals surface area contributed by atoms with E-state index in [0.717, 1.165) is 12.0 Å². The third kappa shape index (κ3) is 6.42. The Hall–Kier alpha value is -3.35. The standard InChI is InChI=1S/C21H24N2O5/c1-3-15-8-4-6-10-17(15)23-19(24)13-22-20(25)14-28-21(26)12-16-9-5-7-11-18(16)27-2/h4-11H,3,12-14H2,1-2H3,(H,22,25)(H,23,24). The zero-order chi connectivity index (χ0) is 20.4. The maximum atomic E-state index is 12.0. The fraction of sp³-hybridized carbons (Fsp3) is 0.286. The van der Waals surface area contributed by atoms with Gasteiger partial charge in [0, 0.05) is 11.3 Å². The molecule has 0 bridgehead atoms. The molecule has 0 radical (unpaired) electrons. The lowest BCUT2D eigenvalue weighted by molar-refractivity contribution is -0.147. The highest BCUT2D eigenvalue weighted by atomic mass is 16.5. The summed E-state index contributed by atoms with van der Waals surface area (Å²) in [6.07, 6.45) is 0.774. The number of hydrogen-bond donors (Lipinski definition) is 2. The SMILES string of the molecule is CCc1ccccc1NC(=O)CNC(=O)COC(=O)Cc1ccccc1OC. The van der Waals surface area contributed by atoms with Crippen LogP contribution in [0.1, 0.15) is 18.1 Å². The molecule has 0 aliphatic heterocycles. The van der Waals surface area contributed by atoms with Gasteiger partial charge in [0.1, 0.15) is 5.75 Å². The maximum absolute atomic E-state index is 12.0. The molecule has 7 heteroatoms. The molecule has 148 valence electrons. The molecule has 7 nitrogen and oxygen atoms in total. The molecule has 2 rings (SSSR count). The molecule has 0 spiro atoms. The Morgan fingerprint density at radius 3 is 2.32 bits per heavy atom. The fourth-order valence-corrected chi connectivity index (χ4v) is 2.58. The zero-order valence-electron chi connectivity index (χ0n) is 16.0. The number of methoxy groups -OCH3 is 1. The minimum absolute atomic E-state index is 0.00835. The van der Waals surface area contributed by atoms with E-state index in [1.54, 1.807) is 30.3 Å². The molecule has 0 aliphatic carbocycles. The van der Waals surface area contributed by atoms with Gasteiger partial charge in [-0.25, -0.2) is 0 Å². The minimum Gasteiger partial charge on any atom is -0.496 e. The highest BCUT2D eigenvalue weighted by Gasteiger charge is 2.12. The van der Waals surface area contributed by atoms with E-state index in [2.05, 4.69) is 10.6 Å². The molecule has 0 unspecified atom stereocenters. The number of carbonyl (C=O) groups excluding carboxylic acids is 3. The van der Waals surface area contributed by atoms with Crippen LogP contribution in [-0.4, -0.2) is 38.0 Å². The summed E-state index contributed by atoms with van der Waals surface area (Å²) in [5, 5.41) is 5.18. The predicted molar refractivity (Wildman–Crippen MR) is 105 cm³/mol. The summed E-state index contributed by atoms with van der Waals surface area (Å²) in [6.45, 7) is 1.33. The number of aryl methyl sites for hydroxylation is 1. The van der Waals surface area contributed by atoms with E-state index in [0.29, 0.717) is 17.0 Å². The molecule has 0 saturated carbocycles. The molecular weight excluding hydrogens is 360 g/mol. The lowest BCUT2D eigenvalue weighted by atomic mass is 10.1. The van der Waals surface area contributed by atoms with Crippen LogP contribution in [0, 0.1) is 0 Å². The lowest BCUT2D eigenvalue weighted by Gasteiger charge is -2.11. The fourth-order valence-electron chi connectivity index (χ4n) is 2.58. The van der Waals surface area contributed by atoms with Crippen LogP contribution < -0.4 is 15.4 Å². The summed E-state index contributed by atoms with van der Waals surface area (Å²) in [7, 11) is 1.52. The van der Waals surface area contributed by atoms with Crippen molar-refractivity contribution in [2.45, 2.75) is 19.8 Å². The van der Waals surface area contributed by atoms with E-state index < -0.39 is 18.5 Å². The monoisotopic (exact) mass is 384 g/mol. The van der Waals surface area contributed by atoms with Crippen molar-refractivity contribution in [1.82, 2.24) is 5.32 Å². The first kappa shape index (κ1) is 21.0. The largest absolute Gasteiger partial charge is 0.496 e. The number of nitrogens with one attached hydrogen (secondary N) is 2. The maximum Gasteiger partial charge on any atom is 0.310 e. The quantitative estimate of drug-likeness (QED) is 0.646. The van der Waals surface area contributed by atoms with Gasteiger partial charge >= 0.3 is 5.97 Å². The third-order valence-corrected chi connectivity index (χ3v) is 4.01. The Morgan fingerprint density at radius 1 is 0.929 bits per heavy atom. The zero-order valence-corrected chi connectivity index (χ0v) is 16.0. The van der Waals surface area contributed by atoms with E-state index in [1.165, 1.54) is 7.11 Å². The smallest absolute Gasteiger partial charge is 0.310 e. The first-order valence-electron chi connectivity index (χ1n) is 8.95. The van der Waals surface area contributed by atoms with Crippen LogP contribution in [0.25, 0.3) is 0 Å². The highest BCUT2D eigenvalue weighted by Crippen LogP contribution is 2.18. The molecule has 2 amide bonds. The molecule has 0 aliphatic rings. The normalized spacial score (nSPS) is 10.1. The van der Waals surface area contributed by atoms with Crippen molar-refractivity contribution in [1.29, 1.82) is 0 Å². The van der Waals surface area contributed by atoms with Gasteiger partial charge in [-0.3, -0.25) is 14.4 Å². The lowest BCUT2D eigenvalue weighted by Crippen LogP contribution is -2.35. The van der Waals surface area contributed by atoms with Gasteiger partial charge in [0.25, 0.3) is 5.91 Å². The Bertz CT molecular complexity index is 768. The minimum atomic E-state index is -0.555. The number of rotatable bonds is 9. The van der Waals surface area contributed by atoms with Crippen molar-refractivity contribution in [3.8, 4) is 5.75 Å². The van der Waals surface area contributed by atoms with Crippen molar-refractivity contribution in [3.63, 3.8) is 0 Å². The number of anilines is 1. The van der Waals surface area contributed by atoms with Crippen LogP contribution >= 0.6 is 0 Å². The molecule has 2 aromatic carbocycles. The second-order valence-corrected chi connectivity index (χ2v) is 5.98. The van der Waals surface area contributed by atoms with Gasteiger partial charge in [-0.1, -0.05) is 43.3 Å². The van der Waals surface area contributed by atoms with E-state index in [-0.39, 0.29) is 18.9 Å². The molecule has 28 heavy (non-hydrogen) atoms. The first-order chi connectivity index (χ1) is 13.5. The van der Waals surface area contributed by atoms with Crippen molar-refractivity contribution in [3.05, 3.63) is 59.7 Å². The van der Waals surface area contributed by atoms with Gasteiger partial charge in [-0.2, -0.15) is 0 Å². The topological polar surface area (TPSA) is 93.7 Å². The van der Waals surface area contributed by atoms with Crippen molar-refractivity contribution >= 4 is 23.5 Å². The van der Waals surface area contributed by atoms with Crippen molar-refractivity contribution < 1.29 is 23.9 Å². The number of hydrogen-bond acceptors (Lipinski definition) is 5. The number of para-hydroxylation sites is 2. The molecule has 0 fully saturated rings. The molecule has 0 heterocycles. The highest BCUT2D eigenvalue weighted by molar-refractivity contribution is 5.95. The van der Waals surface area contributed by atoms with E-state index in [9.17, 15) is 14.4 Å². The second-order valence-electron chi connectivity index (χ2n) is 5.98. The summed E-state index contributed by atoms with van der Waals surface area (Å²) in [4.78, 5) is 35.7. The van der Waals surface area contributed by atoms with Crippen LogP contribution in [0.15, 0.2) is 48.5 Å². The summed E-state index contributed by atoms with van der Waals surface area (Å²) in [6, 6.07) is 14.5.